The first kappa shape index (κ1) is 72.8. The molecule has 592 valence electrons. The molecule has 119 heavy (non-hydrogen) atoms. The van der Waals surface area contributed by atoms with Crippen molar-refractivity contribution in [2.45, 2.75) is 83.2 Å². The van der Waals surface area contributed by atoms with E-state index >= 15 is 5.11 Å². The molecule has 19 N–H and O–H groups in total. The summed E-state index contributed by atoms with van der Waals surface area (Å²) in [5.74, 6) is -20.6. The molecule has 14 atom stereocenters. The number of phenols is 19. The minimum absolute atomic E-state index is 0.0241. The average molecular weight is 1590 g/mol. The van der Waals surface area contributed by atoms with E-state index in [9.17, 15) is 91.9 Å². The van der Waals surface area contributed by atoms with Crippen molar-refractivity contribution in [2.24, 2.45) is 0 Å². The lowest BCUT2D eigenvalue weighted by Gasteiger charge is -2.35. The highest BCUT2D eigenvalue weighted by Crippen LogP contribution is 2.76. The van der Waals surface area contributed by atoms with E-state index < -0.39 is 118 Å². The minimum atomic E-state index is -1.61. The van der Waals surface area contributed by atoms with Crippen LogP contribution >= 0.6 is 0 Å². The molecule has 1 unspecified atom stereocenters. The smallest absolute Gasteiger partial charge is 0.135 e. The molecule has 4 aliphatic carbocycles. The van der Waals surface area contributed by atoms with Crippen LogP contribution in [0.1, 0.15) is 206 Å². The van der Waals surface area contributed by atoms with Crippen molar-refractivity contribution in [3.8, 4) is 121 Å². The zero-order valence-corrected chi connectivity index (χ0v) is 62.6. The maximum Gasteiger partial charge on any atom is 0.135 e. The molecule has 14 aromatic carbocycles. The summed E-state index contributed by atoms with van der Waals surface area (Å²) in [4.78, 5) is 0. The quantitative estimate of drug-likeness (QED) is 0.0540. The number of fused-ring (bicyclic) bond motifs is 4. The third kappa shape index (κ3) is 11.4. The number of aromatic hydroxyl groups is 19. The molecule has 0 spiro atoms. The summed E-state index contributed by atoms with van der Waals surface area (Å²) in [6.07, 6.45) is -2.37. The van der Waals surface area contributed by atoms with Gasteiger partial charge in [-0.15, -0.1) is 0 Å². The molecule has 0 saturated carbocycles. The molecule has 20 rings (SSSR count). The predicted octanol–water partition coefficient (Wildman–Crippen LogP) is 17.9. The van der Waals surface area contributed by atoms with Crippen LogP contribution in [0.15, 0.2) is 249 Å². The van der Waals surface area contributed by atoms with Crippen molar-refractivity contribution in [1.29, 1.82) is 0 Å². The lowest BCUT2D eigenvalue weighted by atomic mass is 9.67. The van der Waals surface area contributed by atoms with E-state index in [1.165, 1.54) is 133 Å². The number of phenolic OH excluding ortho intramolecular Hbond substituents is 19. The Hall–Kier alpha value is -15.1. The second-order valence-corrected chi connectivity index (χ2v) is 32.1. The van der Waals surface area contributed by atoms with Gasteiger partial charge in [0.15, 0.2) is 0 Å². The van der Waals surface area contributed by atoms with Crippen LogP contribution in [0, 0.1) is 0 Å². The van der Waals surface area contributed by atoms with Crippen molar-refractivity contribution >= 4 is 0 Å². The minimum Gasteiger partial charge on any atom is -0.508 e. The molecule has 0 fully saturated rings. The molecule has 0 saturated heterocycles. The van der Waals surface area contributed by atoms with E-state index in [0.717, 1.165) is 24.3 Å². The maximum absolute atomic E-state index is 15.8. The Kier molecular flexibility index (Phi) is 16.5. The molecule has 0 amide bonds. The topological polar surface area (TPSA) is 403 Å². The van der Waals surface area contributed by atoms with Gasteiger partial charge in [0, 0.05) is 140 Å². The van der Waals surface area contributed by atoms with Crippen LogP contribution in [0.2, 0.25) is 0 Å². The fourth-order valence-corrected chi connectivity index (χ4v) is 21.5. The Morgan fingerprint density at radius 2 is 0.555 bits per heavy atom. The van der Waals surface area contributed by atoms with Crippen LogP contribution in [0.3, 0.4) is 0 Å². The Labute approximate surface area is 678 Å². The first-order chi connectivity index (χ1) is 57.3. The molecule has 0 bridgehead atoms. The van der Waals surface area contributed by atoms with Gasteiger partial charge in [-0.2, -0.15) is 0 Å². The van der Waals surface area contributed by atoms with E-state index in [1.807, 2.05) is 0 Å². The lowest BCUT2D eigenvalue weighted by molar-refractivity contribution is 0.218. The van der Waals surface area contributed by atoms with Crippen molar-refractivity contribution in [2.75, 3.05) is 0 Å². The Morgan fingerprint density at radius 3 is 1.03 bits per heavy atom. The zero-order chi connectivity index (χ0) is 82.3. The summed E-state index contributed by atoms with van der Waals surface area (Å²) in [5.41, 5.74) is 6.21. The van der Waals surface area contributed by atoms with Crippen molar-refractivity contribution in [3.63, 3.8) is 0 Å². The Balaban J connectivity index is 0.991. The van der Waals surface area contributed by atoms with Crippen molar-refractivity contribution < 1.29 is 106 Å². The SMILES string of the molecule is Oc1ccc([C@H](c2c(O)c3c4c5c2O[C@H](c2ccc(O)cc2)[C@H]5c2cc(O)cc(O)c2[C@H](c2ccc(O)cc2)[C@@H]4[C@@H](c2ccc(O)cc2)[C@@H]3c2cc(O)cc3c2[C@@H](c2cc(O)cc(O)c2)[C@H](c2ccc(O)cc2)O3)C2c3cc(O)cc(O)c3[C@H](c3ccc(O)cc3)[C@H]3c4c2c(O)cc(O)c4[C@H](c2cc(O)cc(O)c2)[C@H]3c2ccc(O)cc2)cc1. The molecule has 2 heterocycles. The normalized spacial score (nSPS) is 22.1. The van der Waals surface area contributed by atoms with Gasteiger partial charge in [-0.05, 0) is 205 Å². The fraction of sp³-hybridized carbons (Fsp3) is 0.143. The first-order valence-corrected chi connectivity index (χ1v) is 38.7. The molecule has 14 aromatic rings. The highest BCUT2D eigenvalue weighted by molar-refractivity contribution is 5.80. The highest BCUT2D eigenvalue weighted by Gasteiger charge is 2.61. The molecule has 21 nitrogen and oxygen atoms in total. The molecule has 6 aliphatic rings. The second kappa shape index (κ2) is 27.0. The summed E-state index contributed by atoms with van der Waals surface area (Å²) >= 11 is 0. The number of benzene rings is 14. The van der Waals surface area contributed by atoms with E-state index in [0.29, 0.717) is 61.2 Å². The van der Waals surface area contributed by atoms with Crippen LogP contribution in [0.5, 0.6) is 121 Å². The van der Waals surface area contributed by atoms with Crippen molar-refractivity contribution in [3.05, 3.63) is 371 Å². The summed E-state index contributed by atoms with van der Waals surface area (Å²) < 4.78 is 15.1. The highest BCUT2D eigenvalue weighted by atomic mass is 16.5. The number of hydrogen-bond donors (Lipinski definition) is 19. The molecular formula is C98H74O21. The lowest BCUT2D eigenvalue weighted by Crippen LogP contribution is -2.21. The third-order valence-electron chi connectivity index (χ3n) is 25.6. The van der Waals surface area contributed by atoms with E-state index in [4.69, 9.17) is 9.47 Å². The van der Waals surface area contributed by atoms with Gasteiger partial charge in [-0.25, -0.2) is 0 Å². The number of hydrogen-bond acceptors (Lipinski definition) is 21. The maximum atomic E-state index is 15.8. The zero-order valence-electron chi connectivity index (χ0n) is 62.6. The van der Waals surface area contributed by atoms with Gasteiger partial charge < -0.3 is 106 Å². The van der Waals surface area contributed by atoms with Gasteiger partial charge in [0.1, 0.15) is 133 Å². The van der Waals surface area contributed by atoms with Gasteiger partial charge in [0.25, 0.3) is 0 Å². The Bertz CT molecular complexity index is 6450. The fourth-order valence-electron chi connectivity index (χ4n) is 21.5. The molecule has 0 radical (unpaired) electrons. The summed E-state index contributed by atoms with van der Waals surface area (Å²) in [5, 5.41) is 234. The van der Waals surface area contributed by atoms with Gasteiger partial charge in [0.05, 0.1) is 11.8 Å². The summed E-state index contributed by atoms with van der Waals surface area (Å²) in [7, 11) is 0. The molecule has 2 aliphatic heterocycles. The van der Waals surface area contributed by atoms with Crippen LogP contribution in [0.4, 0.5) is 0 Å². The number of rotatable bonds is 12. The van der Waals surface area contributed by atoms with Crippen LogP contribution in [-0.4, -0.2) is 97.0 Å². The van der Waals surface area contributed by atoms with Crippen LogP contribution < -0.4 is 9.47 Å². The van der Waals surface area contributed by atoms with Gasteiger partial charge in [-0.3, -0.25) is 0 Å². The summed E-state index contributed by atoms with van der Waals surface area (Å²) in [6, 6.07) is 61.5. The first-order valence-electron chi connectivity index (χ1n) is 38.7. The van der Waals surface area contributed by atoms with Gasteiger partial charge in [-0.1, -0.05) is 84.9 Å². The van der Waals surface area contributed by atoms with Crippen LogP contribution in [-0.2, 0) is 0 Å². The standard InChI is InChI=1S/C98H74O21/c99-51-15-1-42(2-16-51)73-78(49-29-58(106)33-59(107)30-49)86-70(115)41-71(116)87-83(65-35-62(110)38-68(113)80(65)74(88(73)90(86)87)43-3-17-52(100)18-4-43)77(46-9-23-55(103)24-10-46)94-95(117)92-84(67-37-64(112)40-72-82(67)79(50-31-60(108)34-61(109)32-50)96(118-72)47-11-25-56(104)26-12-47)76(45-7-21-54(102)22-8-45)89-75(44-5-19-53(101)20-6-44)81-66(36-63(111)39-69(81)114)85-93(91(89)92)98(94)119-97(85)48-13-27-57(105)28-14-48/h1-41,73-79,83-85,88-89,96-97,99-117H/t73-,74+,75+,76+,77+,78-,79-,83?,84+,85+,88+,89-,96+,97-/m1/s1. The largest absolute Gasteiger partial charge is 0.508 e. The van der Waals surface area contributed by atoms with Crippen LogP contribution in [0.25, 0.3) is 0 Å². The van der Waals surface area contributed by atoms with E-state index in [2.05, 4.69) is 0 Å². The summed E-state index contributed by atoms with van der Waals surface area (Å²) in [6.45, 7) is 0. The monoisotopic (exact) mass is 1590 g/mol. The molecule has 0 aromatic heterocycles. The van der Waals surface area contributed by atoms with E-state index in [-0.39, 0.29) is 147 Å². The predicted molar refractivity (Wildman–Crippen MR) is 434 cm³/mol. The third-order valence-corrected chi connectivity index (χ3v) is 25.6. The second-order valence-electron chi connectivity index (χ2n) is 32.1. The van der Waals surface area contributed by atoms with E-state index in [1.54, 1.807) is 91.0 Å². The number of ether oxygens (including phenoxy) is 2. The average Bonchev–Trinajstić information content (AvgIpc) is 1.50. The van der Waals surface area contributed by atoms with Gasteiger partial charge >= 0.3 is 0 Å². The Morgan fingerprint density at radius 1 is 0.210 bits per heavy atom. The molecular weight excluding hydrogens is 1510 g/mol. The van der Waals surface area contributed by atoms with Crippen molar-refractivity contribution in [1.82, 2.24) is 0 Å². The molecule has 21 heteroatoms. The van der Waals surface area contributed by atoms with Gasteiger partial charge in [0.2, 0.25) is 0 Å².